The second-order valence-corrected chi connectivity index (χ2v) is 6.66. The van der Waals surface area contributed by atoms with Crippen molar-refractivity contribution in [2.75, 3.05) is 5.32 Å². The Hall–Kier alpha value is -1.70. The highest BCUT2D eigenvalue weighted by Gasteiger charge is 2.19. The first-order valence-corrected chi connectivity index (χ1v) is 8.82. The minimum atomic E-state index is -0.368. The summed E-state index contributed by atoms with van der Waals surface area (Å²) in [5.41, 5.74) is 6.59. The molecule has 0 radical (unpaired) electrons. The van der Waals surface area contributed by atoms with Crippen molar-refractivity contribution in [3.63, 3.8) is 0 Å². The lowest BCUT2D eigenvalue weighted by molar-refractivity contribution is -0.116. The molecular formula is C18H26Cl2FN5O. The van der Waals surface area contributed by atoms with Crippen LogP contribution in [0.2, 0.25) is 0 Å². The van der Waals surface area contributed by atoms with E-state index in [4.69, 9.17) is 5.73 Å². The standard InChI is InChI=1S/C18H24FN5O.2ClH/c1-12(20)6-9-17(25)21-13-7-8-15(19)14(11-13)18-23-22-16-5-3-2-4-10-24(16)18;;/h7-8,11-12H,2-6,9-10,20H2,1H3,(H,21,25);2*1H. The van der Waals surface area contributed by atoms with Gasteiger partial charge in [0.2, 0.25) is 5.91 Å². The third kappa shape index (κ3) is 5.89. The molecule has 0 aliphatic carbocycles. The molecule has 9 heteroatoms. The number of carbonyl (C=O) groups excluding carboxylic acids is 1. The summed E-state index contributed by atoms with van der Waals surface area (Å²) in [6, 6.07) is 4.51. The number of aryl methyl sites for hydroxylation is 1. The number of aromatic nitrogens is 3. The van der Waals surface area contributed by atoms with Gasteiger partial charge in [-0.2, -0.15) is 0 Å². The first kappa shape index (κ1) is 23.3. The van der Waals surface area contributed by atoms with Crippen LogP contribution in [0.25, 0.3) is 11.4 Å². The molecule has 0 saturated carbocycles. The van der Waals surface area contributed by atoms with E-state index >= 15 is 0 Å². The van der Waals surface area contributed by atoms with Crippen LogP contribution in [-0.4, -0.2) is 26.7 Å². The fourth-order valence-electron chi connectivity index (χ4n) is 3.04. The summed E-state index contributed by atoms with van der Waals surface area (Å²) < 4.78 is 16.4. The van der Waals surface area contributed by atoms with Gasteiger partial charge in [-0.15, -0.1) is 35.0 Å². The van der Waals surface area contributed by atoms with E-state index in [9.17, 15) is 9.18 Å². The molecule has 150 valence electrons. The average molecular weight is 418 g/mol. The van der Waals surface area contributed by atoms with Crippen LogP contribution in [0.3, 0.4) is 0 Å². The van der Waals surface area contributed by atoms with E-state index in [2.05, 4.69) is 15.5 Å². The summed E-state index contributed by atoms with van der Waals surface area (Å²) in [5, 5.41) is 11.2. The number of amides is 1. The molecule has 0 saturated heterocycles. The Balaban J connectivity index is 0.00000182. The van der Waals surface area contributed by atoms with Crippen LogP contribution >= 0.6 is 24.8 Å². The van der Waals surface area contributed by atoms with Gasteiger partial charge in [-0.3, -0.25) is 4.79 Å². The molecule has 3 rings (SSSR count). The lowest BCUT2D eigenvalue weighted by Crippen LogP contribution is -2.19. The van der Waals surface area contributed by atoms with Crippen LogP contribution < -0.4 is 11.1 Å². The van der Waals surface area contributed by atoms with Crippen LogP contribution in [-0.2, 0) is 17.8 Å². The van der Waals surface area contributed by atoms with E-state index in [1.807, 2.05) is 11.5 Å². The Labute approximate surface area is 170 Å². The van der Waals surface area contributed by atoms with Crippen molar-refractivity contribution < 1.29 is 9.18 Å². The highest BCUT2D eigenvalue weighted by molar-refractivity contribution is 5.91. The van der Waals surface area contributed by atoms with Crippen molar-refractivity contribution in [2.45, 2.75) is 58.0 Å². The predicted octanol–water partition coefficient (Wildman–Crippen LogP) is 3.72. The molecule has 1 unspecified atom stereocenters. The molecule has 1 aromatic heterocycles. The van der Waals surface area contributed by atoms with E-state index in [1.165, 1.54) is 6.07 Å². The fourth-order valence-corrected chi connectivity index (χ4v) is 3.04. The van der Waals surface area contributed by atoms with Crippen molar-refractivity contribution in [1.29, 1.82) is 0 Å². The quantitative estimate of drug-likeness (QED) is 0.775. The summed E-state index contributed by atoms with van der Waals surface area (Å²) >= 11 is 0. The number of halogens is 3. The molecule has 1 aliphatic rings. The van der Waals surface area contributed by atoms with Crippen molar-refractivity contribution in [1.82, 2.24) is 14.8 Å². The number of benzene rings is 1. The molecule has 2 heterocycles. The lowest BCUT2D eigenvalue weighted by atomic mass is 10.1. The maximum Gasteiger partial charge on any atom is 0.224 e. The first-order chi connectivity index (χ1) is 12.0. The number of fused-ring (bicyclic) bond motifs is 1. The molecule has 1 aliphatic heterocycles. The third-order valence-electron chi connectivity index (χ3n) is 4.43. The summed E-state index contributed by atoms with van der Waals surface area (Å²) in [4.78, 5) is 12.0. The third-order valence-corrected chi connectivity index (χ3v) is 4.43. The molecule has 27 heavy (non-hydrogen) atoms. The Kier molecular flexibility index (Phi) is 9.15. The maximum atomic E-state index is 14.4. The van der Waals surface area contributed by atoms with Gasteiger partial charge < -0.3 is 15.6 Å². The Morgan fingerprint density at radius 2 is 2.07 bits per heavy atom. The zero-order valence-corrected chi connectivity index (χ0v) is 16.9. The van der Waals surface area contributed by atoms with Crippen LogP contribution in [0.5, 0.6) is 0 Å². The lowest BCUT2D eigenvalue weighted by Gasteiger charge is -2.11. The average Bonchev–Trinajstić information content (AvgIpc) is 2.83. The van der Waals surface area contributed by atoms with Gasteiger partial charge in [-0.1, -0.05) is 6.42 Å². The number of nitrogens with two attached hydrogens (primary N) is 1. The summed E-state index contributed by atoms with van der Waals surface area (Å²) in [6.07, 6.45) is 5.06. The van der Waals surface area contributed by atoms with Crippen LogP contribution in [0, 0.1) is 5.82 Å². The smallest absolute Gasteiger partial charge is 0.224 e. The first-order valence-electron chi connectivity index (χ1n) is 8.82. The zero-order valence-electron chi connectivity index (χ0n) is 15.3. The summed E-state index contributed by atoms with van der Waals surface area (Å²) in [6.45, 7) is 2.66. The van der Waals surface area contributed by atoms with Gasteiger partial charge in [0, 0.05) is 31.1 Å². The Morgan fingerprint density at radius 1 is 1.30 bits per heavy atom. The number of nitrogens with zero attached hydrogens (tertiary/aromatic N) is 3. The molecule has 3 N–H and O–H groups in total. The zero-order chi connectivity index (χ0) is 17.8. The second kappa shape index (κ2) is 10.6. The molecule has 0 bridgehead atoms. The van der Waals surface area contributed by atoms with Gasteiger partial charge in [0.1, 0.15) is 11.6 Å². The van der Waals surface area contributed by atoms with Crippen molar-refractivity contribution >= 4 is 36.4 Å². The van der Waals surface area contributed by atoms with Gasteiger partial charge in [-0.05, 0) is 44.4 Å². The molecule has 0 spiro atoms. The van der Waals surface area contributed by atoms with Gasteiger partial charge in [0.05, 0.1) is 5.56 Å². The van der Waals surface area contributed by atoms with Crippen LogP contribution in [0.4, 0.5) is 10.1 Å². The highest BCUT2D eigenvalue weighted by Crippen LogP contribution is 2.27. The highest BCUT2D eigenvalue weighted by atomic mass is 35.5. The maximum absolute atomic E-state index is 14.4. The Bertz CT molecular complexity index is 766. The molecule has 0 fully saturated rings. The number of hydrogen-bond acceptors (Lipinski definition) is 4. The normalized spacial score (nSPS) is 14.2. The molecule has 2 aromatic rings. The van der Waals surface area contributed by atoms with E-state index in [-0.39, 0.29) is 42.6 Å². The van der Waals surface area contributed by atoms with Crippen LogP contribution in [0.15, 0.2) is 18.2 Å². The minimum absolute atomic E-state index is 0. The van der Waals surface area contributed by atoms with Gasteiger partial charge in [0.25, 0.3) is 0 Å². The van der Waals surface area contributed by atoms with Crippen molar-refractivity contribution in [2.24, 2.45) is 5.73 Å². The number of rotatable bonds is 5. The van der Waals surface area contributed by atoms with Gasteiger partial charge >= 0.3 is 0 Å². The topological polar surface area (TPSA) is 85.8 Å². The second-order valence-electron chi connectivity index (χ2n) is 6.66. The summed E-state index contributed by atoms with van der Waals surface area (Å²) in [7, 11) is 0. The monoisotopic (exact) mass is 417 g/mol. The minimum Gasteiger partial charge on any atom is -0.328 e. The number of nitrogens with one attached hydrogen (secondary N) is 1. The molecule has 1 atom stereocenters. The number of anilines is 1. The van der Waals surface area contributed by atoms with E-state index < -0.39 is 0 Å². The van der Waals surface area contributed by atoms with Crippen LogP contribution in [0.1, 0.15) is 44.9 Å². The largest absolute Gasteiger partial charge is 0.328 e. The van der Waals surface area contributed by atoms with Gasteiger partial charge in [-0.25, -0.2) is 4.39 Å². The Morgan fingerprint density at radius 3 is 2.81 bits per heavy atom. The van der Waals surface area contributed by atoms with Crippen molar-refractivity contribution in [3.8, 4) is 11.4 Å². The number of carbonyl (C=O) groups is 1. The van der Waals surface area contributed by atoms with E-state index in [0.717, 1.165) is 38.1 Å². The molecule has 1 aromatic carbocycles. The van der Waals surface area contributed by atoms with Crippen molar-refractivity contribution in [3.05, 3.63) is 29.8 Å². The molecular weight excluding hydrogens is 392 g/mol. The molecule has 1 amide bonds. The fraction of sp³-hybridized carbons (Fsp3) is 0.500. The predicted molar refractivity (Wildman–Crippen MR) is 109 cm³/mol. The van der Waals surface area contributed by atoms with E-state index in [1.54, 1.807) is 12.1 Å². The van der Waals surface area contributed by atoms with Gasteiger partial charge in [0.15, 0.2) is 5.82 Å². The number of hydrogen-bond donors (Lipinski definition) is 2. The molecule has 6 nitrogen and oxygen atoms in total. The SMILES string of the molecule is CC(N)CCC(=O)Nc1ccc(F)c(-c2nnc3n2CCCCC3)c1.Cl.Cl. The summed E-state index contributed by atoms with van der Waals surface area (Å²) in [5.74, 6) is 0.933. The van der Waals surface area contributed by atoms with E-state index in [0.29, 0.717) is 29.9 Å².